The Labute approximate surface area is 121 Å². The van der Waals surface area contributed by atoms with Crippen molar-refractivity contribution < 1.29 is 4.79 Å². The van der Waals surface area contributed by atoms with Crippen LogP contribution in [-0.4, -0.2) is 55.0 Å². The molecule has 20 heavy (non-hydrogen) atoms. The van der Waals surface area contributed by atoms with Gasteiger partial charge in [0.2, 0.25) is 5.91 Å². The van der Waals surface area contributed by atoms with Gasteiger partial charge in [-0.25, -0.2) is 0 Å². The third-order valence-corrected chi connectivity index (χ3v) is 3.79. The van der Waals surface area contributed by atoms with Crippen LogP contribution < -0.4 is 5.32 Å². The summed E-state index contributed by atoms with van der Waals surface area (Å²) in [5, 5.41) is 2.94. The number of benzene rings is 1. The molecule has 0 saturated carbocycles. The van der Waals surface area contributed by atoms with Crippen molar-refractivity contribution in [3.05, 3.63) is 35.9 Å². The molecule has 0 aliphatic carbocycles. The van der Waals surface area contributed by atoms with Gasteiger partial charge in [-0.15, -0.1) is 0 Å². The lowest BCUT2D eigenvalue weighted by Gasteiger charge is -2.34. The second kappa shape index (κ2) is 8.02. The molecule has 0 spiro atoms. The Morgan fingerprint density at radius 1 is 1.10 bits per heavy atom. The molecule has 0 bridgehead atoms. The van der Waals surface area contributed by atoms with Gasteiger partial charge in [-0.05, 0) is 5.56 Å². The van der Waals surface area contributed by atoms with Crippen molar-refractivity contribution in [1.82, 2.24) is 15.1 Å². The van der Waals surface area contributed by atoms with E-state index < -0.39 is 0 Å². The van der Waals surface area contributed by atoms with E-state index >= 15 is 0 Å². The molecular weight excluding hydrogens is 250 g/mol. The molecule has 2 rings (SSSR count). The first-order valence-corrected chi connectivity index (χ1v) is 7.53. The number of carbonyl (C=O) groups is 1. The summed E-state index contributed by atoms with van der Waals surface area (Å²) in [5.74, 6) is 0.146. The van der Waals surface area contributed by atoms with Crippen LogP contribution in [0.2, 0.25) is 0 Å². The standard InChI is InChI=1S/C16H25N3O/c1-2-16(20)17-8-9-18-10-12-19(13-11-18)14-15-6-4-3-5-7-15/h3-7H,2,8-14H2,1H3,(H,17,20). The van der Waals surface area contributed by atoms with Crippen LogP contribution in [-0.2, 0) is 11.3 Å². The van der Waals surface area contributed by atoms with Crippen molar-refractivity contribution >= 4 is 5.91 Å². The maximum Gasteiger partial charge on any atom is 0.219 e. The third kappa shape index (κ3) is 4.94. The third-order valence-electron chi connectivity index (χ3n) is 3.79. The molecule has 1 saturated heterocycles. The van der Waals surface area contributed by atoms with Crippen molar-refractivity contribution in [2.75, 3.05) is 39.3 Å². The SMILES string of the molecule is CCC(=O)NCCN1CCN(Cc2ccccc2)CC1. The minimum absolute atomic E-state index is 0.146. The van der Waals surface area contributed by atoms with E-state index in [0.717, 1.165) is 45.8 Å². The number of rotatable bonds is 6. The largest absolute Gasteiger partial charge is 0.355 e. The van der Waals surface area contributed by atoms with Gasteiger partial charge in [-0.2, -0.15) is 0 Å². The van der Waals surface area contributed by atoms with Gasteiger partial charge in [0.05, 0.1) is 0 Å². The van der Waals surface area contributed by atoms with Crippen molar-refractivity contribution in [2.24, 2.45) is 0 Å². The first-order valence-electron chi connectivity index (χ1n) is 7.53. The Balaban J connectivity index is 1.64. The molecule has 0 atom stereocenters. The fraction of sp³-hybridized carbons (Fsp3) is 0.562. The molecule has 1 aromatic rings. The molecule has 4 nitrogen and oxygen atoms in total. The molecule has 110 valence electrons. The van der Waals surface area contributed by atoms with Gasteiger partial charge in [0.1, 0.15) is 0 Å². The maximum absolute atomic E-state index is 11.2. The average molecular weight is 275 g/mol. The highest BCUT2D eigenvalue weighted by Crippen LogP contribution is 2.07. The molecule has 1 heterocycles. The lowest BCUT2D eigenvalue weighted by atomic mass is 10.2. The van der Waals surface area contributed by atoms with Gasteiger partial charge < -0.3 is 5.32 Å². The monoisotopic (exact) mass is 275 g/mol. The van der Waals surface area contributed by atoms with Crippen LogP contribution in [0.5, 0.6) is 0 Å². The zero-order valence-corrected chi connectivity index (χ0v) is 12.3. The number of hydrogen-bond donors (Lipinski definition) is 1. The molecular formula is C16H25N3O. The second-order valence-electron chi connectivity index (χ2n) is 5.31. The van der Waals surface area contributed by atoms with E-state index in [1.165, 1.54) is 5.56 Å². The fourth-order valence-electron chi connectivity index (χ4n) is 2.49. The average Bonchev–Trinajstić information content (AvgIpc) is 2.50. The van der Waals surface area contributed by atoms with Crippen molar-refractivity contribution in [3.8, 4) is 0 Å². The molecule has 1 aliphatic heterocycles. The molecule has 1 fully saturated rings. The van der Waals surface area contributed by atoms with Crippen LogP contribution in [0.15, 0.2) is 30.3 Å². The number of amides is 1. The summed E-state index contributed by atoms with van der Waals surface area (Å²) < 4.78 is 0. The van der Waals surface area contributed by atoms with Crippen LogP contribution in [0, 0.1) is 0 Å². The van der Waals surface area contributed by atoms with Crippen molar-refractivity contribution in [2.45, 2.75) is 19.9 Å². The summed E-state index contributed by atoms with van der Waals surface area (Å²) in [6.07, 6.45) is 0.574. The first kappa shape index (κ1) is 15.0. The van der Waals surface area contributed by atoms with E-state index in [9.17, 15) is 4.79 Å². The predicted octanol–water partition coefficient (Wildman–Crippen LogP) is 1.33. The Morgan fingerprint density at radius 2 is 1.75 bits per heavy atom. The van der Waals surface area contributed by atoms with Gasteiger partial charge in [-0.3, -0.25) is 14.6 Å². The Hall–Kier alpha value is -1.39. The van der Waals surface area contributed by atoms with Crippen molar-refractivity contribution in [1.29, 1.82) is 0 Å². The first-order chi connectivity index (χ1) is 9.78. The van der Waals surface area contributed by atoms with E-state index in [4.69, 9.17) is 0 Å². The van der Waals surface area contributed by atoms with Crippen molar-refractivity contribution in [3.63, 3.8) is 0 Å². The number of carbonyl (C=O) groups excluding carboxylic acids is 1. The van der Waals surface area contributed by atoms with Gasteiger partial charge >= 0.3 is 0 Å². The van der Waals surface area contributed by atoms with Gasteiger partial charge in [0.25, 0.3) is 0 Å². The molecule has 1 aromatic carbocycles. The maximum atomic E-state index is 11.2. The molecule has 1 aliphatic rings. The Bertz CT molecular complexity index is 399. The summed E-state index contributed by atoms with van der Waals surface area (Å²) in [7, 11) is 0. The van der Waals surface area contributed by atoms with Crippen LogP contribution in [0.3, 0.4) is 0 Å². The molecule has 0 radical (unpaired) electrons. The lowest BCUT2D eigenvalue weighted by Crippen LogP contribution is -2.48. The molecule has 4 heteroatoms. The summed E-state index contributed by atoms with van der Waals surface area (Å²) in [5.41, 5.74) is 1.39. The van der Waals surface area contributed by atoms with Crippen LogP contribution >= 0.6 is 0 Å². The predicted molar refractivity (Wildman–Crippen MR) is 81.5 cm³/mol. The van der Waals surface area contributed by atoms with Crippen LogP contribution in [0.25, 0.3) is 0 Å². The van der Waals surface area contributed by atoms with Gasteiger partial charge in [-0.1, -0.05) is 37.3 Å². The number of nitrogens with zero attached hydrogens (tertiary/aromatic N) is 2. The van der Waals surface area contributed by atoms with Crippen LogP contribution in [0.1, 0.15) is 18.9 Å². The second-order valence-corrected chi connectivity index (χ2v) is 5.31. The Kier molecular flexibility index (Phi) is 6.02. The number of hydrogen-bond acceptors (Lipinski definition) is 3. The fourth-order valence-corrected chi connectivity index (χ4v) is 2.49. The lowest BCUT2D eigenvalue weighted by molar-refractivity contribution is -0.120. The number of nitrogens with one attached hydrogen (secondary N) is 1. The normalized spacial score (nSPS) is 17.1. The minimum atomic E-state index is 0.146. The van der Waals surface area contributed by atoms with E-state index in [-0.39, 0.29) is 5.91 Å². The van der Waals surface area contributed by atoms with Gasteiger partial charge in [0.15, 0.2) is 0 Å². The highest BCUT2D eigenvalue weighted by atomic mass is 16.1. The van der Waals surface area contributed by atoms with E-state index in [0.29, 0.717) is 6.42 Å². The van der Waals surface area contributed by atoms with Gasteiger partial charge in [0, 0.05) is 52.2 Å². The molecule has 0 unspecified atom stereocenters. The highest BCUT2D eigenvalue weighted by molar-refractivity contribution is 5.75. The minimum Gasteiger partial charge on any atom is -0.355 e. The number of piperazine rings is 1. The van der Waals surface area contributed by atoms with E-state index in [2.05, 4.69) is 45.4 Å². The summed E-state index contributed by atoms with van der Waals surface area (Å²) in [6.45, 7) is 9.06. The zero-order chi connectivity index (χ0) is 14.2. The summed E-state index contributed by atoms with van der Waals surface area (Å²) >= 11 is 0. The summed E-state index contributed by atoms with van der Waals surface area (Å²) in [4.78, 5) is 16.1. The smallest absolute Gasteiger partial charge is 0.219 e. The van der Waals surface area contributed by atoms with Crippen LogP contribution in [0.4, 0.5) is 0 Å². The van der Waals surface area contributed by atoms with E-state index in [1.807, 2.05) is 6.92 Å². The zero-order valence-electron chi connectivity index (χ0n) is 12.3. The molecule has 0 aromatic heterocycles. The van der Waals surface area contributed by atoms with E-state index in [1.54, 1.807) is 0 Å². The topological polar surface area (TPSA) is 35.6 Å². The highest BCUT2D eigenvalue weighted by Gasteiger charge is 2.16. The summed E-state index contributed by atoms with van der Waals surface area (Å²) in [6, 6.07) is 10.6. The quantitative estimate of drug-likeness (QED) is 0.851. The molecule has 1 N–H and O–H groups in total. The molecule has 1 amide bonds. The Morgan fingerprint density at radius 3 is 2.40 bits per heavy atom.